The average Bonchev–Trinajstić information content (AvgIpc) is 2.46. The summed E-state index contributed by atoms with van der Waals surface area (Å²) in [6.45, 7) is -0.0280. The normalized spacial score (nSPS) is 10.3. The molecule has 0 amide bonds. The van der Waals surface area contributed by atoms with E-state index in [4.69, 9.17) is 33.0 Å². The van der Waals surface area contributed by atoms with Crippen LogP contribution in [0.3, 0.4) is 0 Å². The summed E-state index contributed by atoms with van der Waals surface area (Å²) in [7, 11) is 1.81. The van der Waals surface area contributed by atoms with E-state index >= 15 is 0 Å². The molecule has 0 aliphatic carbocycles. The van der Waals surface area contributed by atoms with Crippen molar-refractivity contribution in [3.05, 3.63) is 40.5 Å². The lowest BCUT2D eigenvalue weighted by atomic mass is 10.3. The van der Waals surface area contributed by atoms with Gasteiger partial charge in [-0.2, -0.15) is 9.97 Å². The predicted octanol–water partition coefficient (Wildman–Crippen LogP) is 3.40. The first-order chi connectivity index (χ1) is 10.5. The van der Waals surface area contributed by atoms with Gasteiger partial charge in [-0.25, -0.2) is 0 Å². The molecule has 2 aromatic rings. The molecule has 0 atom stereocenters. The zero-order valence-electron chi connectivity index (χ0n) is 11.7. The van der Waals surface area contributed by atoms with Gasteiger partial charge in [-0.1, -0.05) is 23.2 Å². The molecule has 0 aliphatic heterocycles. The SMILES string of the molecule is CN(c1ccc(Cl)cc1)c1cc(Cl)nc(OCCC(=O)O)n1. The largest absolute Gasteiger partial charge is 0.481 e. The number of benzene rings is 1. The molecule has 8 heteroatoms. The molecular weight excluding hydrogens is 329 g/mol. The molecule has 116 valence electrons. The van der Waals surface area contributed by atoms with Crippen molar-refractivity contribution in [2.45, 2.75) is 6.42 Å². The Morgan fingerprint density at radius 2 is 1.95 bits per heavy atom. The maximum Gasteiger partial charge on any atom is 0.319 e. The van der Waals surface area contributed by atoms with Crippen LogP contribution in [0.5, 0.6) is 6.01 Å². The van der Waals surface area contributed by atoms with E-state index in [0.717, 1.165) is 5.69 Å². The number of rotatable bonds is 6. The van der Waals surface area contributed by atoms with Gasteiger partial charge in [0.1, 0.15) is 17.6 Å². The van der Waals surface area contributed by atoms with Crippen molar-refractivity contribution in [2.75, 3.05) is 18.6 Å². The number of halogens is 2. The smallest absolute Gasteiger partial charge is 0.319 e. The molecule has 0 radical (unpaired) electrons. The molecule has 22 heavy (non-hydrogen) atoms. The van der Waals surface area contributed by atoms with Gasteiger partial charge in [-0.05, 0) is 24.3 Å². The highest BCUT2D eigenvalue weighted by molar-refractivity contribution is 6.30. The number of anilines is 2. The number of aromatic nitrogens is 2. The second kappa shape index (κ2) is 7.29. The van der Waals surface area contributed by atoms with Crippen LogP contribution in [0.2, 0.25) is 10.2 Å². The van der Waals surface area contributed by atoms with E-state index in [0.29, 0.717) is 10.8 Å². The summed E-state index contributed by atoms with van der Waals surface area (Å²) >= 11 is 11.8. The quantitative estimate of drug-likeness (QED) is 0.811. The van der Waals surface area contributed by atoms with Gasteiger partial charge in [0.25, 0.3) is 0 Å². The maximum absolute atomic E-state index is 10.5. The average molecular weight is 342 g/mol. The topological polar surface area (TPSA) is 75.6 Å². The van der Waals surface area contributed by atoms with Gasteiger partial charge in [0.2, 0.25) is 0 Å². The molecule has 2 rings (SSSR count). The number of carboxylic acids is 1. The van der Waals surface area contributed by atoms with Crippen LogP contribution in [0.15, 0.2) is 30.3 Å². The number of ether oxygens (including phenoxy) is 1. The highest BCUT2D eigenvalue weighted by Crippen LogP contribution is 2.26. The number of carboxylic acid groups (broad SMARTS) is 1. The fraction of sp³-hybridized carbons (Fsp3) is 0.214. The highest BCUT2D eigenvalue weighted by atomic mass is 35.5. The van der Waals surface area contributed by atoms with Gasteiger partial charge in [-0.3, -0.25) is 4.79 Å². The minimum Gasteiger partial charge on any atom is -0.481 e. The first kappa shape index (κ1) is 16.3. The Bertz CT molecular complexity index is 665. The van der Waals surface area contributed by atoms with Gasteiger partial charge >= 0.3 is 12.0 Å². The zero-order chi connectivity index (χ0) is 16.1. The Hall–Kier alpha value is -2.05. The summed E-state index contributed by atoms with van der Waals surface area (Å²) in [4.78, 5) is 20.4. The van der Waals surface area contributed by atoms with Crippen molar-refractivity contribution in [1.82, 2.24) is 9.97 Å². The van der Waals surface area contributed by atoms with Gasteiger partial charge < -0.3 is 14.7 Å². The lowest BCUT2D eigenvalue weighted by Gasteiger charge is -2.19. The van der Waals surface area contributed by atoms with Crippen LogP contribution >= 0.6 is 23.2 Å². The minimum absolute atomic E-state index is 0.0280. The maximum atomic E-state index is 10.5. The van der Waals surface area contributed by atoms with E-state index in [1.165, 1.54) is 0 Å². The van der Waals surface area contributed by atoms with E-state index in [1.54, 1.807) is 23.1 Å². The molecule has 0 spiro atoms. The minimum atomic E-state index is -0.958. The number of nitrogens with zero attached hydrogens (tertiary/aromatic N) is 3. The molecule has 0 saturated carbocycles. The first-order valence-corrected chi connectivity index (χ1v) is 7.10. The highest BCUT2D eigenvalue weighted by Gasteiger charge is 2.11. The van der Waals surface area contributed by atoms with Gasteiger partial charge in [-0.15, -0.1) is 0 Å². The molecule has 1 aromatic heterocycles. The van der Waals surface area contributed by atoms with Crippen molar-refractivity contribution in [3.63, 3.8) is 0 Å². The van der Waals surface area contributed by atoms with Crippen LogP contribution in [0.4, 0.5) is 11.5 Å². The number of hydrogen-bond acceptors (Lipinski definition) is 5. The summed E-state index contributed by atoms with van der Waals surface area (Å²) < 4.78 is 5.21. The van der Waals surface area contributed by atoms with E-state index in [1.807, 2.05) is 19.2 Å². The van der Waals surface area contributed by atoms with Crippen LogP contribution in [-0.2, 0) is 4.79 Å². The molecule has 1 N–H and O–H groups in total. The monoisotopic (exact) mass is 341 g/mol. The Labute approximate surface area is 137 Å². The predicted molar refractivity (Wildman–Crippen MR) is 84.3 cm³/mol. The Morgan fingerprint density at radius 3 is 2.59 bits per heavy atom. The molecule has 0 saturated heterocycles. The molecule has 0 fully saturated rings. The molecule has 1 heterocycles. The molecule has 0 aliphatic rings. The molecule has 6 nitrogen and oxygen atoms in total. The van der Waals surface area contributed by atoms with Crippen LogP contribution in [-0.4, -0.2) is 34.7 Å². The van der Waals surface area contributed by atoms with Crippen molar-refractivity contribution in [2.24, 2.45) is 0 Å². The molecule has 0 bridgehead atoms. The Kier molecular flexibility index (Phi) is 5.41. The van der Waals surface area contributed by atoms with Crippen molar-refractivity contribution < 1.29 is 14.6 Å². The van der Waals surface area contributed by atoms with Gasteiger partial charge in [0.15, 0.2) is 0 Å². The second-order valence-corrected chi connectivity index (χ2v) is 5.18. The number of aliphatic carboxylic acids is 1. The summed E-state index contributed by atoms with van der Waals surface area (Å²) in [5, 5.41) is 9.43. The van der Waals surface area contributed by atoms with Gasteiger partial charge in [0, 0.05) is 23.8 Å². The van der Waals surface area contributed by atoms with E-state index in [2.05, 4.69) is 9.97 Å². The van der Waals surface area contributed by atoms with E-state index in [-0.39, 0.29) is 24.2 Å². The van der Waals surface area contributed by atoms with Crippen LogP contribution < -0.4 is 9.64 Å². The van der Waals surface area contributed by atoms with E-state index < -0.39 is 5.97 Å². The Morgan fingerprint density at radius 1 is 1.27 bits per heavy atom. The summed E-state index contributed by atoms with van der Waals surface area (Å²) in [5.41, 5.74) is 0.857. The fourth-order valence-electron chi connectivity index (χ4n) is 1.65. The number of carbonyl (C=O) groups is 1. The van der Waals surface area contributed by atoms with Crippen molar-refractivity contribution in [3.8, 4) is 6.01 Å². The van der Waals surface area contributed by atoms with Crippen molar-refractivity contribution >= 4 is 40.7 Å². The fourth-order valence-corrected chi connectivity index (χ4v) is 1.94. The van der Waals surface area contributed by atoms with Crippen molar-refractivity contribution in [1.29, 1.82) is 0 Å². The number of hydrogen-bond donors (Lipinski definition) is 1. The standard InChI is InChI=1S/C14H13Cl2N3O3/c1-19(10-4-2-9(15)3-5-10)12-8-11(16)17-14(18-12)22-7-6-13(20)21/h2-5,8H,6-7H2,1H3,(H,20,21). The zero-order valence-corrected chi connectivity index (χ0v) is 13.2. The van der Waals surface area contributed by atoms with Crippen LogP contribution in [0.25, 0.3) is 0 Å². The second-order valence-electron chi connectivity index (χ2n) is 4.36. The third-order valence-electron chi connectivity index (χ3n) is 2.77. The summed E-state index contributed by atoms with van der Waals surface area (Å²) in [6, 6.07) is 8.82. The molecule has 1 aromatic carbocycles. The van der Waals surface area contributed by atoms with Gasteiger partial charge in [0.05, 0.1) is 6.42 Å². The van der Waals surface area contributed by atoms with Crippen LogP contribution in [0, 0.1) is 0 Å². The molecular formula is C14H13Cl2N3O3. The first-order valence-electron chi connectivity index (χ1n) is 6.34. The lowest BCUT2D eigenvalue weighted by molar-refractivity contribution is -0.137. The van der Waals surface area contributed by atoms with E-state index in [9.17, 15) is 4.79 Å². The third kappa shape index (κ3) is 4.47. The Balaban J connectivity index is 2.17. The molecule has 0 unspecified atom stereocenters. The third-order valence-corrected chi connectivity index (χ3v) is 3.21. The summed E-state index contributed by atoms with van der Waals surface area (Å²) in [5.74, 6) is -0.437. The van der Waals surface area contributed by atoms with Crippen LogP contribution in [0.1, 0.15) is 6.42 Å². The lowest BCUT2D eigenvalue weighted by Crippen LogP contribution is -2.13. The summed E-state index contributed by atoms with van der Waals surface area (Å²) in [6.07, 6.45) is -0.141.